The van der Waals surface area contributed by atoms with E-state index in [0.717, 1.165) is 144 Å². The Morgan fingerprint density at radius 3 is 0.856 bits per heavy atom. The fourth-order valence-electron chi connectivity index (χ4n) is 18.7. The molecule has 0 fully saturated rings. The molecule has 0 aromatic heterocycles. The van der Waals surface area contributed by atoms with Crippen molar-refractivity contribution in [3.63, 3.8) is 0 Å². The van der Waals surface area contributed by atoms with Crippen molar-refractivity contribution in [3.05, 3.63) is 347 Å². The van der Waals surface area contributed by atoms with Crippen LogP contribution in [0.25, 0.3) is 11.1 Å². The Bertz CT molecular complexity index is 5500. The molecule has 8 aliphatic rings. The van der Waals surface area contributed by atoms with Gasteiger partial charge in [-0.3, -0.25) is 19.6 Å². The fraction of sp³-hybridized carbons (Fsp3) is 0.351. The summed E-state index contributed by atoms with van der Waals surface area (Å²) in [7, 11) is -5.28. The SMILES string of the molecule is CC(C)(c1ccc(N2COc3ccccc3C2)cc1)c1ccc(N2COc3ccccc3C2)cc1.CC(CCCN1COc2ccccc2C1)CN1COc2ccccc2C1.CCCCN1COc2ccccc2C1.C[Si](C)(C)O[Si](C)(C)O[Si](C)(C)CCCN1COc2ccccc2C1.c1ccc2c(c1)CN(c1ccc(-c3ccc(N4COc5ccccc5C4)cc3)cc1)CO2. The molecule has 20 rings (SSSR count). The molecule has 18 nitrogen and oxygen atoms in total. The molecule has 132 heavy (non-hydrogen) atoms. The topological polar surface area (TPSA) is 118 Å². The molecule has 1 unspecified atom stereocenters. The van der Waals surface area contributed by atoms with Crippen molar-refractivity contribution in [2.24, 2.45) is 5.92 Å². The lowest BCUT2D eigenvalue weighted by Gasteiger charge is -2.38. The van der Waals surface area contributed by atoms with Gasteiger partial charge in [-0.15, -0.1) is 0 Å². The molecule has 12 aromatic rings. The Kier molecular flexibility index (Phi) is 31.3. The van der Waals surface area contributed by atoms with E-state index in [1.807, 2.05) is 78.9 Å². The smallest absolute Gasteiger partial charge is 0.311 e. The quantitative estimate of drug-likeness (QED) is 0.0533. The zero-order valence-electron chi connectivity index (χ0n) is 79.3. The number of unbranched alkanes of at least 4 members (excludes halogenated alkanes) is 1. The van der Waals surface area contributed by atoms with Crippen LogP contribution in [0, 0.1) is 5.92 Å². The van der Waals surface area contributed by atoms with Crippen LogP contribution >= 0.6 is 0 Å². The van der Waals surface area contributed by atoms with E-state index in [1.54, 1.807) is 0 Å². The highest BCUT2D eigenvalue weighted by Gasteiger charge is 2.38. The molecule has 0 bridgehead atoms. The Labute approximate surface area is 787 Å². The number of fused-ring (bicyclic) bond motifs is 8. The first-order chi connectivity index (χ1) is 64.0. The normalized spacial score (nSPS) is 16.0. The summed E-state index contributed by atoms with van der Waals surface area (Å²) in [4.78, 5) is 18.6. The van der Waals surface area contributed by atoms with Gasteiger partial charge in [-0.05, 0) is 203 Å². The number of benzene rings is 12. The van der Waals surface area contributed by atoms with Gasteiger partial charge in [-0.25, -0.2) is 0 Å². The molecule has 0 aliphatic carbocycles. The largest absolute Gasteiger partial charge is 0.478 e. The number of anilines is 4. The molecule has 0 saturated carbocycles. The minimum Gasteiger partial charge on any atom is -0.478 e. The maximum atomic E-state index is 6.59. The van der Waals surface area contributed by atoms with E-state index in [2.05, 4.69) is 325 Å². The lowest BCUT2D eigenvalue weighted by atomic mass is 9.78. The Morgan fingerprint density at radius 2 is 0.553 bits per heavy atom. The van der Waals surface area contributed by atoms with E-state index >= 15 is 0 Å². The third-order valence-corrected chi connectivity index (χ3v) is 35.7. The van der Waals surface area contributed by atoms with Crippen LogP contribution in [0.4, 0.5) is 22.7 Å². The average molecular weight is 1820 g/mol. The summed E-state index contributed by atoms with van der Waals surface area (Å²) in [5.41, 5.74) is 19.7. The van der Waals surface area contributed by atoms with Gasteiger partial charge >= 0.3 is 8.56 Å². The van der Waals surface area contributed by atoms with Crippen LogP contribution in [0.5, 0.6) is 46.0 Å². The zero-order valence-corrected chi connectivity index (χ0v) is 82.3. The van der Waals surface area contributed by atoms with Gasteiger partial charge in [-0.1, -0.05) is 228 Å². The summed E-state index contributed by atoms with van der Waals surface area (Å²) in [5, 5.41) is 0. The standard InChI is InChI=1S/C31H30N2O2.C28H24N2O2.C22H28N2O2.C18H35NO3Si3.C12H17NO/c1-31(2,25-11-15-27(16-12-25)32-19-23-7-3-5-9-29(23)34-21-32)26-13-17-28(18-14-26)33-20-24-8-4-6-10-30(24)35-22-33;1-3-7-27-23(5-1)17-29(19-31-27)25-13-9-21(10-14-25)22-11-15-26(16-12-22)30-18-24-6-2-4-8-28(24)32-20-30;1-18(13-24-15-20-9-3-5-11-22(20)26-17-24)7-6-12-23-14-19-8-2-4-10-21(19)25-16-23;1-23(2,3)21-25(6,7)22-24(4,5)14-10-13-19-15-17-11-8-9-12-18(17)20-16-19;1-2-3-8-13-9-11-6-4-5-7-12(11)14-10-13/h3-18H,19-22H2,1-2H3;1-16H,17-20H2;2-5,8-11,18H,6-7,12-17H2,1H3;8-9,11-12H,10,13-16H2,1-7H3;4-7H,2-3,8-10H2,1H3. The first-order valence-electron chi connectivity index (χ1n) is 47.4. The van der Waals surface area contributed by atoms with Gasteiger partial charge in [-0.2, -0.15) is 0 Å². The van der Waals surface area contributed by atoms with Gasteiger partial charge in [0.2, 0.25) is 0 Å². The molecule has 12 aromatic carbocycles. The van der Waals surface area contributed by atoms with Crippen molar-refractivity contribution >= 4 is 47.9 Å². The van der Waals surface area contributed by atoms with E-state index in [9.17, 15) is 0 Å². The van der Waals surface area contributed by atoms with Crippen LogP contribution in [-0.4, -0.2) is 125 Å². The number of ether oxygens (including phenoxy) is 8. The van der Waals surface area contributed by atoms with Gasteiger partial charge in [0.1, 0.15) is 72.9 Å². The van der Waals surface area contributed by atoms with E-state index in [0.29, 0.717) is 53.0 Å². The molecular weight excluding hydrogens is 1690 g/mol. The van der Waals surface area contributed by atoms with Crippen molar-refractivity contribution in [2.75, 3.05) is 99.6 Å². The van der Waals surface area contributed by atoms with Crippen molar-refractivity contribution < 1.29 is 46.1 Å². The number of para-hydroxylation sites is 8. The maximum Gasteiger partial charge on any atom is 0.311 e. The first kappa shape index (κ1) is 93.9. The molecule has 8 aliphatic heterocycles. The molecule has 21 heteroatoms. The average Bonchev–Trinajstić information content (AvgIpc) is 1.43. The lowest BCUT2D eigenvalue weighted by Crippen LogP contribution is -2.51. The van der Waals surface area contributed by atoms with Gasteiger partial charge in [0, 0.05) is 151 Å². The molecule has 0 saturated heterocycles. The van der Waals surface area contributed by atoms with Crippen LogP contribution in [0.1, 0.15) is 115 Å². The highest BCUT2D eigenvalue weighted by Crippen LogP contribution is 2.40. The van der Waals surface area contributed by atoms with Crippen LogP contribution in [0.2, 0.25) is 51.9 Å². The minimum absolute atomic E-state index is 0.104. The second kappa shape index (κ2) is 44.0. The summed E-state index contributed by atoms with van der Waals surface area (Å²) in [6, 6.07) is 103. The van der Waals surface area contributed by atoms with Crippen LogP contribution in [0.15, 0.2) is 291 Å². The molecule has 0 radical (unpaired) electrons. The Hall–Kier alpha value is -11.3. The lowest BCUT2D eigenvalue weighted by molar-refractivity contribution is 0.0753. The third-order valence-electron chi connectivity index (χ3n) is 25.5. The highest BCUT2D eigenvalue weighted by molar-refractivity contribution is 6.87. The van der Waals surface area contributed by atoms with Crippen LogP contribution in [0.3, 0.4) is 0 Å². The summed E-state index contributed by atoms with van der Waals surface area (Å²) < 4.78 is 59.9. The molecule has 690 valence electrons. The van der Waals surface area contributed by atoms with E-state index < -0.39 is 25.2 Å². The van der Waals surface area contributed by atoms with Gasteiger partial charge in [0.05, 0.1) is 0 Å². The Balaban J connectivity index is 0.000000123. The molecule has 0 amide bonds. The van der Waals surface area contributed by atoms with Gasteiger partial charge in [0.25, 0.3) is 0 Å². The predicted octanol–water partition coefficient (Wildman–Crippen LogP) is 24.5. The van der Waals surface area contributed by atoms with E-state index in [4.69, 9.17) is 46.1 Å². The van der Waals surface area contributed by atoms with E-state index in [1.165, 1.54) is 115 Å². The molecule has 8 heterocycles. The van der Waals surface area contributed by atoms with Gasteiger partial charge in [0.15, 0.2) is 43.6 Å². The second-order valence-electron chi connectivity index (χ2n) is 38.5. The molecule has 1 atom stereocenters. The zero-order chi connectivity index (χ0) is 91.4. The molecule has 0 spiro atoms. The highest BCUT2D eigenvalue weighted by atomic mass is 28.5. The third kappa shape index (κ3) is 25.5. The van der Waals surface area contributed by atoms with Crippen LogP contribution in [-0.2, 0) is 66.0 Å². The number of hydrogen-bond acceptors (Lipinski definition) is 18. The fourth-order valence-corrected chi connectivity index (χ4v) is 31.8. The first-order valence-corrected chi connectivity index (χ1v) is 56.8. The minimum atomic E-state index is -2.03. The van der Waals surface area contributed by atoms with Crippen molar-refractivity contribution in [3.8, 4) is 57.1 Å². The monoisotopic (exact) mass is 1820 g/mol. The van der Waals surface area contributed by atoms with Crippen LogP contribution < -0.4 is 57.5 Å². The summed E-state index contributed by atoms with van der Waals surface area (Å²) >= 11 is 0. The molecular formula is C111H134N8O10Si3. The second-order valence-corrected chi connectivity index (χ2v) is 51.2. The number of rotatable bonds is 24. The number of nitrogens with zero attached hydrogens (tertiary/aromatic N) is 8. The predicted molar refractivity (Wildman–Crippen MR) is 542 cm³/mol. The van der Waals surface area contributed by atoms with Crippen molar-refractivity contribution in [1.82, 2.24) is 19.6 Å². The molecule has 0 N–H and O–H groups in total. The summed E-state index contributed by atoms with van der Waals surface area (Å²) in [6.07, 6.45) is 6.10. The van der Waals surface area contributed by atoms with Crippen molar-refractivity contribution in [2.45, 2.75) is 169 Å². The summed E-state index contributed by atoms with van der Waals surface area (Å²) in [5.74, 6) is 8.81. The maximum absolute atomic E-state index is 6.59. The van der Waals surface area contributed by atoms with Crippen molar-refractivity contribution in [1.29, 1.82) is 0 Å². The Morgan fingerprint density at radius 1 is 0.295 bits per heavy atom. The number of hydrogen-bond donors (Lipinski definition) is 0. The summed E-state index contributed by atoms with van der Waals surface area (Å²) in [6.45, 7) is 42.0. The van der Waals surface area contributed by atoms with Gasteiger partial charge < -0.3 is 65.7 Å². The van der Waals surface area contributed by atoms with E-state index in [-0.39, 0.29) is 5.41 Å².